The summed E-state index contributed by atoms with van der Waals surface area (Å²) in [4.78, 5) is 0. The molecule has 1 aromatic rings. The first kappa shape index (κ1) is 15.7. The number of hydrogen-bond acceptors (Lipinski definition) is 2. The van der Waals surface area contributed by atoms with Crippen molar-refractivity contribution in [3.63, 3.8) is 0 Å². The molecule has 0 amide bonds. The summed E-state index contributed by atoms with van der Waals surface area (Å²) in [6.07, 6.45) is 0. The zero-order valence-electron chi connectivity index (χ0n) is 11.5. The summed E-state index contributed by atoms with van der Waals surface area (Å²) < 4.78 is 11.5. The number of hydrogen-bond donors (Lipinski definition) is 0. The van der Waals surface area contributed by atoms with Crippen LogP contribution >= 0.6 is 11.6 Å². The van der Waals surface area contributed by atoms with Crippen molar-refractivity contribution in [1.82, 2.24) is 0 Å². The van der Waals surface area contributed by atoms with Crippen molar-refractivity contribution in [2.24, 2.45) is 0 Å². The maximum atomic E-state index is 5.98. The summed E-state index contributed by atoms with van der Waals surface area (Å²) in [7, 11) is -1.54. The van der Waals surface area contributed by atoms with Crippen LogP contribution in [-0.4, -0.2) is 22.5 Å². The van der Waals surface area contributed by atoms with E-state index in [4.69, 9.17) is 20.5 Å². The average Bonchev–Trinajstić information content (AvgIpc) is 2.39. The number of halogens is 1. The molecule has 102 valence electrons. The van der Waals surface area contributed by atoms with Gasteiger partial charge in [0.05, 0.1) is 0 Å². The molecule has 0 radical (unpaired) electrons. The quantitative estimate of drug-likeness (QED) is 0.534. The Hall–Kier alpha value is -0.353. The van der Waals surface area contributed by atoms with E-state index in [0.29, 0.717) is 11.8 Å². The van der Waals surface area contributed by atoms with E-state index < -0.39 is 9.28 Å². The first-order chi connectivity index (χ1) is 8.72. The normalized spacial score (nSPS) is 12.9. The minimum Gasteiger partial charge on any atom is -0.397 e. The second-order valence-corrected chi connectivity index (χ2v) is 6.57. The van der Waals surface area contributed by atoms with Gasteiger partial charge in [-0.1, -0.05) is 31.2 Å². The first-order valence-corrected chi connectivity index (χ1v) is 8.89. The van der Waals surface area contributed by atoms with E-state index in [0.717, 1.165) is 19.3 Å². The fraction of sp³-hybridized carbons (Fsp3) is 0.571. The molecule has 18 heavy (non-hydrogen) atoms. The van der Waals surface area contributed by atoms with Crippen LogP contribution in [0, 0.1) is 0 Å². The Morgan fingerprint density at radius 1 is 1.17 bits per heavy atom. The highest BCUT2D eigenvalue weighted by molar-refractivity contribution is 6.44. The third-order valence-electron chi connectivity index (χ3n) is 2.98. The molecule has 0 aliphatic carbocycles. The fourth-order valence-corrected chi connectivity index (χ4v) is 4.29. The molecule has 0 saturated heterocycles. The van der Waals surface area contributed by atoms with Gasteiger partial charge < -0.3 is 8.85 Å². The van der Waals surface area contributed by atoms with Gasteiger partial charge in [-0.25, -0.2) is 0 Å². The van der Waals surface area contributed by atoms with Crippen LogP contribution in [0.2, 0.25) is 6.04 Å². The molecule has 0 aromatic heterocycles. The molecular weight excluding hydrogens is 264 g/mol. The summed E-state index contributed by atoms with van der Waals surface area (Å²) in [5.74, 6) is 1.01. The second-order valence-electron chi connectivity index (χ2n) is 4.31. The molecule has 0 spiro atoms. The molecule has 0 bridgehead atoms. The van der Waals surface area contributed by atoms with Gasteiger partial charge in [0.2, 0.25) is 0 Å². The highest BCUT2D eigenvalue weighted by atomic mass is 35.5. The van der Waals surface area contributed by atoms with E-state index in [9.17, 15) is 0 Å². The molecular formula is C14H23ClO2Si. The topological polar surface area (TPSA) is 18.5 Å². The van der Waals surface area contributed by atoms with Crippen LogP contribution in [0.3, 0.4) is 0 Å². The Morgan fingerprint density at radius 2 is 1.78 bits per heavy atom. The molecule has 1 atom stereocenters. The van der Waals surface area contributed by atoms with Gasteiger partial charge in [-0.2, -0.15) is 0 Å². The first-order valence-electron chi connectivity index (χ1n) is 6.59. The molecule has 0 saturated carbocycles. The van der Waals surface area contributed by atoms with Gasteiger partial charge in [0, 0.05) is 19.1 Å². The molecule has 2 nitrogen and oxygen atoms in total. The average molecular weight is 287 g/mol. The number of benzene rings is 1. The van der Waals surface area contributed by atoms with Gasteiger partial charge in [0.15, 0.2) is 0 Å². The lowest BCUT2D eigenvalue weighted by atomic mass is 9.98. The fourth-order valence-electron chi connectivity index (χ4n) is 2.11. The second kappa shape index (κ2) is 8.70. The predicted molar refractivity (Wildman–Crippen MR) is 79.6 cm³/mol. The van der Waals surface area contributed by atoms with Crippen molar-refractivity contribution in [2.75, 3.05) is 13.2 Å². The highest BCUT2D eigenvalue weighted by Gasteiger charge is 2.19. The minimum atomic E-state index is -1.54. The maximum absolute atomic E-state index is 5.98. The summed E-state index contributed by atoms with van der Waals surface area (Å²) in [5, 5.41) is 0. The van der Waals surface area contributed by atoms with Crippen LogP contribution in [0.25, 0.3) is 0 Å². The highest BCUT2D eigenvalue weighted by Crippen LogP contribution is 2.26. The van der Waals surface area contributed by atoms with Gasteiger partial charge in [-0.15, -0.1) is 11.6 Å². The van der Waals surface area contributed by atoms with Gasteiger partial charge in [0.1, 0.15) is 0 Å². The van der Waals surface area contributed by atoms with Crippen molar-refractivity contribution in [3.8, 4) is 0 Å². The third kappa shape index (κ3) is 4.73. The zero-order valence-corrected chi connectivity index (χ0v) is 13.4. The van der Waals surface area contributed by atoms with Crippen LogP contribution in [0.5, 0.6) is 0 Å². The van der Waals surface area contributed by atoms with Crippen LogP contribution in [0.1, 0.15) is 37.8 Å². The molecule has 1 rings (SSSR count). The van der Waals surface area contributed by atoms with E-state index in [1.807, 2.05) is 19.9 Å². The third-order valence-corrected chi connectivity index (χ3v) is 5.77. The number of alkyl halides is 1. The lowest BCUT2D eigenvalue weighted by molar-refractivity contribution is 0.212. The van der Waals surface area contributed by atoms with Crippen LogP contribution < -0.4 is 0 Å². The molecule has 4 heteroatoms. The van der Waals surface area contributed by atoms with Crippen molar-refractivity contribution in [3.05, 3.63) is 35.4 Å². The lowest BCUT2D eigenvalue weighted by Crippen LogP contribution is -2.25. The monoisotopic (exact) mass is 286 g/mol. The summed E-state index contributed by atoms with van der Waals surface area (Å²) in [5.41, 5.74) is 2.54. The van der Waals surface area contributed by atoms with E-state index in [1.54, 1.807) is 0 Å². The molecule has 0 fully saturated rings. The van der Waals surface area contributed by atoms with Crippen LogP contribution in [0.4, 0.5) is 0 Å². The standard InChI is InChI=1S/C14H23ClO2Si/c1-4-16-18(17-5-2)11-12(3)14-9-7-6-8-13(14)10-15/h6-9,12,18H,4-5,10-11H2,1-3H3. The zero-order chi connectivity index (χ0) is 13.4. The van der Waals surface area contributed by atoms with Gasteiger partial charge in [-0.3, -0.25) is 0 Å². The summed E-state index contributed by atoms with van der Waals surface area (Å²) in [6.45, 7) is 7.75. The van der Waals surface area contributed by atoms with Gasteiger partial charge in [-0.05, 0) is 36.9 Å². The van der Waals surface area contributed by atoms with Crippen LogP contribution in [-0.2, 0) is 14.7 Å². The smallest absolute Gasteiger partial charge is 0.321 e. The summed E-state index contributed by atoms with van der Waals surface area (Å²) in [6, 6.07) is 9.35. The summed E-state index contributed by atoms with van der Waals surface area (Å²) >= 11 is 5.98. The van der Waals surface area contributed by atoms with E-state index in [2.05, 4.69) is 25.1 Å². The van der Waals surface area contributed by atoms with Crippen molar-refractivity contribution >= 4 is 20.9 Å². The Morgan fingerprint density at radius 3 is 2.33 bits per heavy atom. The Bertz CT molecular complexity index is 340. The Balaban J connectivity index is 2.70. The molecule has 1 unspecified atom stereocenters. The van der Waals surface area contributed by atoms with E-state index in [-0.39, 0.29) is 0 Å². The van der Waals surface area contributed by atoms with Gasteiger partial charge in [0.25, 0.3) is 0 Å². The molecule has 1 aromatic carbocycles. The largest absolute Gasteiger partial charge is 0.397 e. The van der Waals surface area contributed by atoms with E-state index >= 15 is 0 Å². The minimum absolute atomic E-state index is 0.440. The molecule has 0 heterocycles. The Kier molecular flexibility index (Phi) is 7.59. The lowest BCUT2D eigenvalue weighted by Gasteiger charge is -2.20. The van der Waals surface area contributed by atoms with E-state index in [1.165, 1.54) is 11.1 Å². The molecule has 0 N–H and O–H groups in total. The van der Waals surface area contributed by atoms with Gasteiger partial charge >= 0.3 is 9.28 Å². The molecule has 0 aliphatic heterocycles. The van der Waals surface area contributed by atoms with Crippen molar-refractivity contribution in [1.29, 1.82) is 0 Å². The van der Waals surface area contributed by atoms with Crippen LogP contribution in [0.15, 0.2) is 24.3 Å². The van der Waals surface area contributed by atoms with Crippen molar-refractivity contribution < 1.29 is 8.85 Å². The molecule has 0 aliphatic rings. The number of rotatable bonds is 8. The maximum Gasteiger partial charge on any atom is 0.321 e. The SMILES string of the molecule is CCO[SiH](CC(C)c1ccccc1CCl)OCC. The van der Waals surface area contributed by atoms with Crippen molar-refractivity contribution in [2.45, 2.75) is 38.6 Å². The Labute approximate surface area is 117 Å². The predicted octanol–water partition coefficient (Wildman–Crippen LogP) is 3.82.